The van der Waals surface area contributed by atoms with Gasteiger partial charge in [0.05, 0.1) is 31.0 Å². The van der Waals surface area contributed by atoms with Crippen molar-refractivity contribution in [2.75, 3.05) is 44.8 Å². The summed E-state index contributed by atoms with van der Waals surface area (Å²) in [5.74, 6) is 0.0426. The first-order valence-electron chi connectivity index (χ1n) is 11.3. The van der Waals surface area contributed by atoms with E-state index in [1.54, 1.807) is 0 Å². The van der Waals surface area contributed by atoms with Crippen LogP contribution in [0.2, 0.25) is 0 Å². The van der Waals surface area contributed by atoms with Crippen molar-refractivity contribution in [3.63, 3.8) is 0 Å². The minimum Gasteiger partial charge on any atom is -0.492 e. The fourth-order valence-electron chi connectivity index (χ4n) is 4.43. The Hall–Kier alpha value is -2.91. The molecule has 2 aliphatic rings. The lowest BCUT2D eigenvalue weighted by Crippen LogP contribution is -2.38. The number of benzene rings is 1. The molecule has 4 N–H and O–H groups in total. The molecule has 0 unspecified atom stereocenters. The highest BCUT2D eigenvalue weighted by Gasteiger charge is 2.27. The Kier molecular flexibility index (Phi) is 7.39. The van der Waals surface area contributed by atoms with Gasteiger partial charge in [-0.1, -0.05) is 31.0 Å². The molecule has 1 saturated carbocycles. The van der Waals surface area contributed by atoms with Crippen LogP contribution in [0.3, 0.4) is 0 Å². The van der Waals surface area contributed by atoms with Crippen molar-refractivity contribution in [3.8, 4) is 5.75 Å². The molecule has 1 aliphatic heterocycles. The summed E-state index contributed by atoms with van der Waals surface area (Å²) >= 11 is 0. The van der Waals surface area contributed by atoms with Crippen molar-refractivity contribution in [3.05, 3.63) is 41.2 Å². The van der Waals surface area contributed by atoms with Crippen molar-refractivity contribution >= 4 is 17.5 Å². The number of aromatic nitrogens is 2. The largest absolute Gasteiger partial charge is 0.492 e. The van der Waals surface area contributed by atoms with Crippen LogP contribution in [0.1, 0.15) is 53.3 Å². The highest BCUT2D eigenvalue weighted by Crippen LogP contribution is 2.37. The standard InChI is InChI=1S/C23H31N5O4/c24-23(30)22-21(20(26-27-22)16-5-1-2-6-16)25-19(29)15-17-7-3-4-8-18(17)32-14-11-28-9-12-31-13-10-28/h3-4,7-8,16H,1-2,5-6,9-15H2,(H2,24,30)(H,25,29)(H,26,27). The maximum Gasteiger partial charge on any atom is 0.271 e. The summed E-state index contributed by atoms with van der Waals surface area (Å²) in [6.07, 6.45) is 4.38. The van der Waals surface area contributed by atoms with Gasteiger partial charge in [0.25, 0.3) is 5.91 Å². The van der Waals surface area contributed by atoms with Crippen LogP contribution >= 0.6 is 0 Å². The molecule has 9 heteroatoms. The van der Waals surface area contributed by atoms with E-state index in [1.165, 1.54) is 0 Å². The maximum atomic E-state index is 12.9. The molecule has 4 rings (SSSR count). The van der Waals surface area contributed by atoms with Crippen molar-refractivity contribution in [1.29, 1.82) is 0 Å². The molecule has 0 bridgehead atoms. The number of hydrogen-bond donors (Lipinski definition) is 3. The fraction of sp³-hybridized carbons (Fsp3) is 0.522. The molecule has 2 amide bonds. The number of anilines is 1. The third-order valence-electron chi connectivity index (χ3n) is 6.15. The van der Waals surface area contributed by atoms with Gasteiger partial charge in [0.15, 0.2) is 5.69 Å². The number of carbonyl (C=O) groups is 2. The zero-order valence-electron chi connectivity index (χ0n) is 18.3. The lowest BCUT2D eigenvalue weighted by molar-refractivity contribution is -0.115. The summed E-state index contributed by atoms with van der Waals surface area (Å²) in [7, 11) is 0. The Balaban J connectivity index is 1.40. The highest BCUT2D eigenvalue weighted by atomic mass is 16.5. The molecular formula is C23H31N5O4. The smallest absolute Gasteiger partial charge is 0.271 e. The van der Waals surface area contributed by atoms with Crippen LogP contribution in [0, 0.1) is 0 Å². The summed E-state index contributed by atoms with van der Waals surface area (Å²) in [5, 5.41) is 9.89. The number of H-pyrrole nitrogens is 1. The van der Waals surface area contributed by atoms with Crippen LogP contribution in [-0.2, 0) is 16.0 Å². The molecule has 1 saturated heterocycles. The second-order valence-electron chi connectivity index (χ2n) is 8.34. The Labute approximate surface area is 187 Å². The van der Waals surface area contributed by atoms with E-state index in [0.717, 1.165) is 69.8 Å². The number of rotatable bonds is 9. The summed E-state index contributed by atoms with van der Waals surface area (Å²) in [4.78, 5) is 27.1. The van der Waals surface area contributed by atoms with Gasteiger partial charge in [-0.3, -0.25) is 19.6 Å². The topological polar surface area (TPSA) is 123 Å². The second kappa shape index (κ2) is 10.6. The molecule has 1 aliphatic carbocycles. The first-order chi connectivity index (χ1) is 15.6. The second-order valence-corrected chi connectivity index (χ2v) is 8.34. The quantitative estimate of drug-likeness (QED) is 0.547. The summed E-state index contributed by atoms with van der Waals surface area (Å²) in [5.41, 5.74) is 7.57. The number of nitrogens with one attached hydrogen (secondary N) is 2. The zero-order chi connectivity index (χ0) is 22.3. The Morgan fingerprint density at radius 3 is 2.72 bits per heavy atom. The molecule has 0 atom stereocenters. The lowest BCUT2D eigenvalue weighted by Gasteiger charge is -2.26. The van der Waals surface area contributed by atoms with Gasteiger partial charge in [0.1, 0.15) is 12.4 Å². The van der Waals surface area contributed by atoms with Crippen LogP contribution in [0.15, 0.2) is 24.3 Å². The van der Waals surface area contributed by atoms with Gasteiger partial charge >= 0.3 is 0 Å². The first kappa shape index (κ1) is 22.3. The third kappa shape index (κ3) is 5.46. The van der Waals surface area contributed by atoms with Gasteiger partial charge in [-0.2, -0.15) is 5.10 Å². The summed E-state index contributed by atoms with van der Waals surface area (Å²) < 4.78 is 11.4. The number of hydrogen-bond acceptors (Lipinski definition) is 6. The van der Waals surface area contributed by atoms with Gasteiger partial charge in [0.2, 0.25) is 5.91 Å². The van der Waals surface area contributed by atoms with Crippen LogP contribution < -0.4 is 15.8 Å². The maximum absolute atomic E-state index is 12.9. The minimum atomic E-state index is -0.660. The Morgan fingerprint density at radius 2 is 1.97 bits per heavy atom. The fourth-order valence-corrected chi connectivity index (χ4v) is 4.43. The van der Waals surface area contributed by atoms with Crippen LogP contribution in [0.5, 0.6) is 5.75 Å². The number of morpholine rings is 1. The van der Waals surface area contributed by atoms with Crippen LogP contribution in [-0.4, -0.2) is 66.4 Å². The minimum absolute atomic E-state index is 0.0790. The van der Waals surface area contributed by atoms with E-state index < -0.39 is 5.91 Å². The Morgan fingerprint density at radius 1 is 1.22 bits per heavy atom. The molecule has 32 heavy (non-hydrogen) atoms. The molecule has 0 spiro atoms. The lowest BCUT2D eigenvalue weighted by atomic mass is 10.0. The number of ether oxygens (including phenoxy) is 2. The first-order valence-corrected chi connectivity index (χ1v) is 11.3. The van der Waals surface area contributed by atoms with E-state index in [1.807, 2.05) is 24.3 Å². The zero-order valence-corrected chi connectivity index (χ0v) is 18.3. The van der Waals surface area contributed by atoms with Gasteiger partial charge < -0.3 is 20.5 Å². The van der Waals surface area contributed by atoms with E-state index in [2.05, 4.69) is 20.4 Å². The highest BCUT2D eigenvalue weighted by molar-refractivity contribution is 6.02. The van der Waals surface area contributed by atoms with E-state index >= 15 is 0 Å². The van der Waals surface area contributed by atoms with Gasteiger partial charge in [-0.15, -0.1) is 0 Å². The molecule has 172 valence electrons. The van der Waals surface area contributed by atoms with Crippen LogP contribution in [0.4, 0.5) is 5.69 Å². The van der Waals surface area contributed by atoms with Gasteiger partial charge in [-0.25, -0.2) is 0 Å². The number of nitrogens with zero attached hydrogens (tertiary/aromatic N) is 2. The summed E-state index contributed by atoms with van der Waals surface area (Å²) in [6.45, 7) is 4.67. The van der Waals surface area contributed by atoms with E-state index in [0.29, 0.717) is 18.0 Å². The number of para-hydroxylation sites is 1. The SMILES string of the molecule is NC(=O)c1n[nH]c(C2CCCC2)c1NC(=O)Cc1ccccc1OCCN1CCOCC1. The van der Waals surface area contributed by atoms with Gasteiger partial charge in [0, 0.05) is 31.1 Å². The van der Waals surface area contributed by atoms with Crippen molar-refractivity contribution in [1.82, 2.24) is 15.1 Å². The molecule has 1 aromatic carbocycles. The molecule has 2 aromatic rings. The number of nitrogens with two attached hydrogens (primary N) is 1. The molecule has 9 nitrogen and oxygen atoms in total. The predicted molar refractivity (Wildman–Crippen MR) is 120 cm³/mol. The van der Waals surface area contributed by atoms with Gasteiger partial charge in [-0.05, 0) is 18.9 Å². The average Bonchev–Trinajstić information content (AvgIpc) is 3.45. The van der Waals surface area contributed by atoms with E-state index in [4.69, 9.17) is 15.2 Å². The molecule has 0 radical (unpaired) electrons. The summed E-state index contributed by atoms with van der Waals surface area (Å²) in [6, 6.07) is 7.53. The normalized spacial score (nSPS) is 17.4. The van der Waals surface area contributed by atoms with E-state index in [-0.39, 0.29) is 23.9 Å². The monoisotopic (exact) mass is 441 g/mol. The number of primary amides is 1. The molecule has 2 heterocycles. The number of aromatic amines is 1. The van der Waals surface area contributed by atoms with Crippen molar-refractivity contribution < 1.29 is 19.1 Å². The predicted octanol–water partition coefficient (Wildman–Crippen LogP) is 2.06. The van der Waals surface area contributed by atoms with E-state index in [9.17, 15) is 9.59 Å². The molecular weight excluding hydrogens is 410 g/mol. The molecule has 2 fully saturated rings. The van der Waals surface area contributed by atoms with Crippen molar-refractivity contribution in [2.45, 2.75) is 38.0 Å². The van der Waals surface area contributed by atoms with Crippen molar-refractivity contribution in [2.24, 2.45) is 5.73 Å². The Bertz CT molecular complexity index is 932. The molecule has 1 aromatic heterocycles. The average molecular weight is 442 g/mol. The third-order valence-corrected chi connectivity index (χ3v) is 6.15. The van der Waals surface area contributed by atoms with Crippen LogP contribution in [0.25, 0.3) is 0 Å². The number of amides is 2. The number of carbonyl (C=O) groups excluding carboxylic acids is 2.